The molecule has 0 bridgehead atoms. The summed E-state index contributed by atoms with van der Waals surface area (Å²) in [7, 11) is 1.70. The molecule has 1 aromatic carbocycles. The van der Waals surface area contributed by atoms with Crippen LogP contribution in [0.4, 0.5) is 0 Å². The second kappa shape index (κ2) is 3.79. The number of halogens is 1. The van der Waals surface area contributed by atoms with Gasteiger partial charge in [-0.1, -0.05) is 11.6 Å². The quantitative estimate of drug-likeness (QED) is 0.812. The van der Waals surface area contributed by atoms with Crippen LogP contribution in [0, 0.1) is 6.92 Å². The van der Waals surface area contributed by atoms with Crippen LogP contribution in [0.2, 0.25) is 5.02 Å². The number of benzene rings is 1. The minimum atomic E-state index is 0.419. The van der Waals surface area contributed by atoms with Gasteiger partial charge in [-0.15, -0.1) is 0 Å². The van der Waals surface area contributed by atoms with Gasteiger partial charge in [0.25, 0.3) is 0 Å². The van der Waals surface area contributed by atoms with Gasteiger partial charge in [-0.25, -0.2) is 0 Å². The van der Waals surface area contributed by atoms with Crippen molar-refractivity contribution in [3.63, 3.8) is 0 Å². The molecular formula is C11H14ClNO. The van der Waals surface area contributed by atoms with Crippen LogP contribution in [0.15, 0.2) is 12.1 Å². The Bertz CT molecular complexity index is 347. The zero-order valence-electron chi connectivity index (χ0n) is 8.43. The van der Waals surface area contributed by atoms with E-state index < -0.39 is 0 Å². The highest BCUT2D eigenvalue weighted by atomic mass is 35.5. The average Bonchev–Trinajstić information content (AvgIpc) is 2.08. The van der Waals surface area contributed by atoms with Gasteiger partial charge in [0.1, 0.15) is 5.75 Å². The van der Waals surface area contributed by atoms with Crippen LogP contribution in [-0.2, 0) is 0 Å². The number of rotatable bonds is 2. The van der Waals surface area contributed by atoms with Crippen molar-refractivity contribution in [3.8, 4) is 5.75 Å². The molecular weight excluding hydrogens is 198 g/mol. The lowest BCUT2D eigenvalue weighted by molar-refractivity contribution is 0.353. The van der Waals surface area contributed by atoms with Crippen LogP contribution in [0.25, 0.3) is 0 Å². The molecule has 2 nitrogen and oxygen atoms in total. The maximum atomic E-state index is 6.08. The molecule has 14 heavy (non-hydrogen) atoms. The van der Waals surface area contributed by atoms with E-state index in [0.717, 1.165) is 29.3 Å². The van der Waals surface area contributed by atoms with Crippen molar-refractivity contribution in [1.29, 1.82) is 0 Å². The molecule has 0 aliphatic carbocycles. The van der Waals surface area contributed by atoms with Crippen LogP contribution in [0.5, 0.6) is 5.75 Å². The predicted molar refractivity (Wildman–Crippen MR) is 58.1 cm³/mol. The molecule has 0 amide bonds. The molecule has 1 heterocycles. The smallest absolute Gasteiger partial charge is 0.124 e. The van der Waals surface area contributed by atoms with Gasteiger partial charge in [0.15, 0.2) is 0 Å². The fraction of sp³-hybridized carbons (Fsp3) is 0.455. The van der Waals surface area contributed by atoms with Crippen molar-refractivity contribution in [2.45, 2.75) is 19.4 Å². The third-order valence-corrected chi connectivity index (χ3v) is 3.12. The molecule has 76 valence electrons. The highest BCUT2D eigenvalue weighted by Gasteiger charge is 2.22. The summed E-state index contributed by atoms with van der Waals surface area (Å²) in [5, 5.41) is 4.16. The van der Waals surface area contributed by atoms with Crippen molar-refractivity contribution < 1.29 is 4.74 Å². The summed E-state index contributed by atoms with van der Waals surface area (Å²) >= 11 is 6.08. The lowest BCUT2D eigenvalue weighted by atomic mass is 9.96. The molecule has 0 radical (unpaired) electrons. The lowest BCUT2D eigenvalue weighted by Gasteiger charge is -2.29. The summed E-state index contributed by atoms with van der Waals surface area (Å²) < 4.78 is 5.34. The molecule has 1 aromatic rings. The number of aryl methyl sites for hydroxylation is 1. The molecule has 0 spiro atoms. The zero-order chi connectivity index (χ0) is 10.1. The number of ether oxygens (including phenoxy) is 1. The maximum absolute atomic E-state index is 6.08. The summed E-state index contributed by atoms with van der Waals surface area (Å²) in [6, 6.07) is 4.42. The van der Waals surface area contributed by atoms with E-state index in [-0.39, 0.29) is 0 Å². The SMILES string of the molecule is COc1cc(C)c(Cl)cc1[C@@H]1CCN1. The number of nitrogens with one attached hydrogen (secondary N) is 1. The average molecular weight is 212 g/mol. The first-order valence-electron chi connectivity index (χ1n) is 4.80. The van der Waals surface area contributed by atoms with Gasteiger partial charge >= 0.3 is 0 Å². The highest BCUT2D eigenvalue weighted by molar-refractivity contribution is 6.31. The summed E-state index contributed by atoms with van der Waals surface area (Å²) in [6.07, 6.45) is 1.16. The molecule has 1 saturated heterocycles. The van der Waals surface area contributed by atoms with Crippen LogP contribution in [-0.4, -0.2) is 13.7 Å². The minimum Gasteiger partial charge on any atom is -0.496 e. The van der Waals surface area contributed by atoms with Crippen molar-refractivity contribution >= 4 is 11.6 Å². The van der Waals surface area contributed by atoms with Gasteiger partial charge in [-0.05, 0) is 37.6 Å². The van der Waals surface area contributed by atoms with Crippen molar-refractivity contribution in [1.82, 2.24) is 5.32 Å². The van der Waals surface area contributed by atoms with Gasteiger partial charge < -0.3 is 10.1 Å². The van der Waals surface area contributed by atoms with Crippen LogP contribution in [0.1, 0.15) is 23.6 Å². The Morgan fingerprint density at radius 3 is 2.71 bits per heavy atom. The molecule has 2 rings (SSSR count). The molecule has 3 heteroatoms. The molecule has 0 unspecified atom stereocenters. The fourth-order valence-corrected chi connectivity index (χ4v) is 1.85. The molecule has 0 aromatic heterocycles. The summed E-state index contributed by atoms with van der Waals surface area (Å²) in [5.74, 6) is 0.934. The largest absolute Gasteiger partial charge is 0.496 e. The van der Waals surface area contributed by atoms with E-state index in [1.165, 1.54) is 5.56 Å². The molecule has 1 aliphatic rings. The summed E-state index contributed by atoms with van der Waals surface area (Å²) in [5.41, 5.74) is 2.24. The van der Waals surface area contributed by atoms with Gasteiger partial charge in [-0.2, -0.15) is 0 Å². The third-order valence-electron chi connectivity index (χ3n) is 2.71. The van der Waals surface area contributed by atoms with Crippen LogP contribution < -0.4 is 10.1 Å². The molecule has 1 aliphatic heterocycles. The molecule has 1 atom stereocenters. The van der Waals surface area contributed by atoms with E-state index in [1.54, 1.807) is 7.11 Å². The summed E-state index contributed by atoms with van der Waals surface area (Å²) in [6.45, 7) is 3.07. The number of hydrogen-bond acceptors (Lipinski definition) is 2. The highest BCUT2D eigenvalue weighted by Crippen LogP contribution is 2.34. The first-order chi connectivity index (χ1) is 6.72. The maximum Gasteiger partial charge on any atom is 0.124 e. The first-order valence-corrected chi connectivity index (χ1v) is 5.17. The molecule has 1 fully saturated rings. The van der Waals surface area contributed by atoms with E-state index in [9.17, 15) is 0 Å². The van der Waals surface area contributed by atoms with Gasteiger partial charge in [0.05, 0.1) is 7.11 Å². The molecule has 1 N–H and O–H groups in total. The van der Waals surface area contributed by atoms with Crippen molar-refractivity contribution in [3.05, 3.63) is 28.3 Å². The predicted octanol–water partition coefficient (Wildman–Crippen LogP) is 2.69. The van der Waals surface area contributed by atoms with E-state index in [4.69, 9.17) is 16.3 Å². The third kappa shape index (κ3) is 1.60. The monoisotopic (exact) mass is 211 g/mol. The van der Waals surface area contributed by atoms with Crippen LogP contribution in [0.3, 0.4) is 0 Å². The Morgan fingerprint density at radius 1 is 1.50 bits per heavy atom. The van der Waals surface area contributed by atoms with E-state index in [2.05, 4.69) is 5.32 Å². The lowest BCUT2D eigenvalue weighted by Crippen LogP contribution is -2.35. The minimum absolute atomic E-state index is 0.419. The number of methoxy groups -OCH3 is 1. The Kier molecular flexibility index (Phi) is 2.66. The van der Waals surface area contributed by atoms with Crippen LogP contribution >= 0.6 is 11.6 Å². The summed E-state index contributed by atoms with van der Waals surface area (Å²) in [4.78, 5) is 0. The zero-order valence-corrected chi connectivity index (χ0v) is 9.19. The number of hydrogen-bond donors (Lipinski definition) is 1. The van der Waals surface area contributed by atoms with Gasteiger partial charge in [0.2, 0.25) is 0 Å². The first kappa shape index (κ1) is 9.81. The molecule has 0 saturated carbocycles. The van der Waals surface area contributed by atoms with E-state index >= 15 is 0 Å². The Balaban J connectivity index is 2.40. The van der Waals surface area contributed by atoms with E-state index in [0.29, 0.717) is 6.04 Å². The van der Waals surface area contributed by atoms with Gasteiger partial charge in [0, 0.05) is 16.6 Å². The topological polar surface area (TPSA) is 21.3 Å². The fourth-order valence-electron chi connectivity index (χ4n) is 1.67. The Hall–Kier alpha value is -0.730. The second-order valence-electron chi connectivity index (χ2n) is 3.64. The van der Waals surface area contributed by atoms with Gasteiger partial charge in [-0.3, -0.25) is 0 Å². The standard InChI is InChI=1S/C11H14ClNO/c1-7-5-11(14-2)8(6-9(7)12)10-3-4-13-10/h5-6,10,13H,3-4H2,1-2H3/t10-/m0/s1. The van der Waals surface area contributed by atoms with Crippen molar-refractivity contribution in [2.75, 3.05) is 13.7 Å². The Labute approximate surface area is 89.2 Å². The normalized spacial score (nSPS) is 20.4. The second-order valence-corrected chi connectivity index (χ2v) is 4.05. The Morgan fingerprint density at radius 2 is 2.21 bits per heavy atom. The van der Waals surface area contributed by atoms with Crippen molar-refractivity contribution in [2.24, 2.45) is 0 Å². The van der Waals surface area contributed by atoms with E-state index in [1.807, 2.05) is 19.1 Å².